The molecule has 20 heavy (non-hydrogen) atoms. The molecule has 2 N–H and O–H groups in total. The topological polar surface area (TPSA) is 67.4 Å². The van der Waals surface area contributed by atoms with Crippen LogP contribution in [0.3, 0.4) is 0 Å². The fraction of sp³-hybridized carbons (Fsp3) is 0.467. The quantitative estimate of drug-likeness (QED) is 0.884. The predicted octanol–water partition coefficient (Wildman–Crippen LogP) is 2.15. The van der Waals surface area contributed by atoms with Gasteiger partial charge in [-0.3, -0.25) is 9.59 Å². The highest BCUT2D eigenvalue weighted by molar-refractivity contribution is 5.97. The van der Waals surface area contributed by atoms with E-state index in [2.05, 4.69) is 10.6 Å². The molecule has 1 heterocycles. The molecule has 1 unspecified atom stereocenters. The van der Waals surface area contributed by atoms with E-state index in [9.17, 15) is 9.59 Å². The summed E-state index contributed by atoms with van der Waals surface area (Å²) in [4.78, 5) is 23.6. The van der Waals surface area contributed by atoms with E-state index in [-0.39, 0.29) is 23.8 Å². The number of ether oxygens (including phenoxy) is 1. The van der Waals surface area contributed by atoms with E-state index < -0.39 is 0 Å². The maximum atomic E-state index is 11.9. The number of nitrogens with one attached hydrogen (secondary N) is 2. The third-order valence-electron chi connectivity index (χ3n) is 3.57. The van der Waals surface area contributed by atoms with Crippen LogP contribution in [0.2, 0.25) is 0 Å². The molecule has 1 aromatic rings. The summed E-state index contributed by atoms with van der Waals surface area (Å²) in [6.45, 7) is 0.648. The molecule has 0 spiro atoms. The fourth-order valence-corrected chi connectivity index (χ4v) is 2.27. The van der Waals surface area contributed by atoms with Gasteiger partial charge in [-0.2, -0.15) is 0 Å². The van der Waals surface area contributed by atoms with Crippen molar-refractivity contribution in [1.82, 2.24) is 0 Å². The Bertz CT molecular complexity index is 520. The summed E-state index contributed by atoms with van der Waals surface area (Å²) < 4.78 is 5.34. The van der Waals surface area contributed by atoms with Crippen LogP contribution in [-0.4, -0.2) is 24.5 Å². The summed E-state index contributed by atoms with van der Waals surface area (Å²) in [6, 6.07) is 7.21. The standard InChI is InChI=1S/C15H18N2O3/c18-14(10-6-7-10)16-11-3-1-4-12(9-11)17-15(19)13-5-2-8-20-13/h1,3-4,9-10,13H,2,5-8H2,(H,16,18)(H,17,19). The number of carbonyl (C=O) groups is 2. The van der Waals surface area contributed by atoms with E-state index in [1.54, 1.807) is 12.1 Å². The number of hydrogen-bond donors (Lipinski definition) is 2. The van der Waals surface area contributed by atoms with Gasteiger partial charge in [0, 0.05) is 23.9 Å². The lowest BCUT2D eigenvalue weighted by molar-refractivity contribution is -0.124. The van der Waals surface area contributed by atoms with Gasteiger partial charge in [0.2, 0.25) is 5.91 Å². The van der Waals surface area contributed by atoms with Gasteiger partial charge in [0.1, 0.15) is 6.10 Å². The van der Waals surface area contributed by atoms with E-state index in [4.69, 9.17) is 4.74 Å². The molecule has 1 saturated heterocycles. The molecule has 1 atom stereocenters. The Morgan fingerprint density at radius 1 is 1.05 bits per heavy atom. The molecule has 106 valence electrons. The van der Waals surface area contributed by atoms with Gasteiger partial charge in [-0.05, 0) is 43.9 Å². The number of anilines is 2. The van der Waals surface area contributed by atoms with Crippen LogP contribution in [0.25, 0.3) is 0 Å². The van der Waals surface area contributed by atoms with E-state index in [1.165, 1.54) is 0 Å². The highest BCUT2D eigenvalue weighted by Gasteiger charge is 2.29. The lowest BCUT2D eigenvalue weighted by atomic mass is 10.2. The lowest BCUT2D eigenvalue weighted by Gasteiger charge is -2.11. The minimum atomic E-state index is -0.347. The van der Waals surface area contributed by atoms with Crippen LogP contribution in [0.15, 0.2) is 24.3 Å². The molecule has 2 aliphatic rings. The Labute approximate surface area is 117 Å². The Morgan fingerprint density at radius 3 is 2.35 bits per heavy atom. The van der Waals surface area contributed by atoms with E-state index in [1.807, 2.05) is 12.1 Å². The minimum Gasteiger partial charge on any atom is -0.368 e. The summed E-state index contributed by atoms with van der Waals surface area (Å²) in [6.07, 6.45) is 3.29. The van der Waals surface area contributed by atoms with Gasteiger partial charge in [0.25, 0.3) is 5.91 Å². The Balaban J connectivity index is 1.61. The second-order valence-corrected chi connectivity index (χ2v) is 5.34. The molecule has 5 nitrogen and oxygen atoms in total. The van der Waals surface area contributed by atoms with Crippen molar-refractivity contribution in [2.24, 2.45) is 5.92 Å². The summed E-state index contributed by atoms with van der Waals surface area (Å²) >= 11 is 0. The van der Waals surface area contributed by atoms with E-state index in [0.717, 1.165) is 25.7 Å². The van der Waals surface area contributed by atoms with Crippen LogP contribution >= 0.6 is 0 Å². The Kier molecular flexibility index (Phi) is 3.69. The third kappa shape index (κ3) is 3.17. The molecule has 1 aliphatic heterocycles. The second-order valence-electron chi connectivity index (χ2n) is 5.34. The molecular formula is C15H18N2O3. The van der Waals surface area contributed by atoms with Crippen LogP contribution in [0.5, 0.6) is 0 Å². The van der Waals surface area contributed by atoms with E-state index >= 15 is 0 Å². The van der Waals surface area contributed by atoms with Crippen molar-refractivity contribution in [3.05, 3.63) is 24.3 Å². The Morgan fingerprint density at radius 2 is 1.75 bits per heavy atom. The Hall–Kier alpha value is -1.88. The van der Waals surface area contributed by atoms with Crippen molar-refractivity contribution in [2.75, 3.05) is 17.2 Å². The van der Waals surface area contributed by atoms with Gasteiger partial charge in [-0.25, -0.2) is 0 Å². The van der Waals surface area contributed by atoms with Crippen LogP contribution in [0, 0.1) is 5.92 Å². The van der Waals surface area contributed by atoms with Crippen LogP contribution in [0.1, 0.15) is 25.7 Å². The van der Waals surface area contributed by atoms with Crippen LogP contribution in [-0.2, 0) is 14.3 Å². The molecule has 1 aromatic carbocycles. The van der Waals surface area contributed by atoms with Crippen molar-refractivity contribution in [1.29, 1.82) is 0 Å². The number of amides is 2. The number of carbonyl (C=O) groups excluding carboxylic acids is 2. The molecule has 3 rings (SSSR count). The highest BCUT2D eigenvalue weighted by Crippen LogP contribution is 2.30. The van der Waals surface area contributed by atoms with Gasteiger partial charge < -0.3 is 15.4 Å². The van der Waals surface area contributed by atoms with Crippen molar-refractivity contribution < 1.29 is 14.3 Å². The van der Waals surface area contributed by atoms with Crippen molar-refractivity contribution in [2.45, 2.75) is 31.8 Å². The smallest absolute Gasteiger partial charge is 0.253 e. The molecule has 1 aliphatic carbocycles. The normalized spacial score (nSPS) is 21.5. The molecule has 2 amide bonds. The van der Waals surface area contributed by atoms with Gasteiger partial charge in [-0.1, -0.05) is 6.07 Å². The maximum Gasteiger partial charge on any atom is 0.253 e. The summed E-state index contributed by atoms with van der Waals surface area (Å²) in [5.74, 6) is 0.112. The average molecular weight is 274 g/mol. The lowest BCUT2D eigenvalue weighted by Crippen LogP contribution is -2.26. The second kappa shape index (κ2) is 5.63. The van der Waals surface area contributed by atoms with Gasteiger partial charge >= 0.3 is 0 Å². The average Bonchev–Trinajstić information content (AvgIpc) is 3.14. The molecule has 2 fully saturated rings. The number of hydrogen-bond acceptors (Lipinski definition) is 3. The molecule has 0 aromatic heterocycles. The number of benzene rings is 1. The first-order chi connectivity index (χ1) is 9.72. The summed E-state index contributed by atoms with van der Waals surface area (Å²) in [7, 11) is 0. The third-order valence-corrected chi connectivity index (χ3v) is 3.57. The fourth-order valence-electron chi connectivity index (χ4n) is 2.27. The zero-order chi connectivity index (χ0) is 13.9. The molecule has 1 saturated carbocycles. The largest absolute Gasteiger partial charge is 0.368 e. The summed E-state index contributed by atoms with van der Waals surface area (Å²) in [5, 5.41) is 5.69. The number of rotatable bonds is 4. The van der Waals surface area contributed by atoms with Crippen molar-refractivity contribution in [3.63, 3.8) is 0 Å². The summed E-state index contributed by atoms with van der Waals surface area (Å²) in [5.41, 5.74) is 1.39. The zero-order valence-electron chi connectivity index (χ0n) is 11.2. The van der Waals surface area contributed by atoms with Crippen molar-refractivity contribution >= 4 is 23.2 Å². The van der Waals surface area contributed by atoms with Gasteiger partial charge in [0.05, 0.1) is 0 Å². The van der Waals surface area contributed by atoms with Gasteiger partial charge in [-0.15, -0.1) is 0 Å². The monoisotopic (exact) mass is 274 g/mol. The molecular weight excluding hydrogens is 256 g/mol. The SMILES string of the molecule is O=C(Nc1cccc(NC(=O)C2CCCO2)c1)C1CC1. The maximum absolute atomic E-state index is 11.9. The molecule has 5 heteroatoms. The predicted molar refractivity (Wildman–Crippen MR) is 75.4 cm³/mol. The van der Waals surface area contributed by atoms with E-state index in [0.29, 0.717) is 18.0 Å². The first-order valence-electron chi connectivity index (χ1n) is 7.06. The van der Waals surface area contributed by atoms with Crippen LogP contribution in [0.4, 0.5) is 11.4 Å². The zero-order valence-corrected chi connectivity index (χ0v) is 11.2. The first-order valence-corrected chi connectivity index (χ1v) is 7.06. The first kappa shape index (κ1) is 13.1. The molecule has 0 radical (unpaired) electrons. The highest BCUT2D eigenvalue weighted by atomic mass is 16.5. The van der Waals surface area contributed by atoms with Gasteiger partial charge in [0.15, 0.2) is 0 Å². The van der Waals surface area contributed by atoms with Crippen LogP contribution < -0.4 is 10.6 Å². The van der Waals surface area contributed by atoms with Crippen molar-refractivity contribution in [3.8, 4) is 0 Å². The molecule has 0 bridgehead atoms. The minimum absolute atomic E-state index is 0.0626.